The molecule has 0 saturated carbocycles. The van der Waals surface area contributed by atoms with Gasteiger partial charge >= 0.3 is 0 Å². The number of hydrogen-bond acceptors (Lipinski definition) is 2. The number of nitrogens with zero attached hydrogens (tertiary/aromatic N) is 1. The van der Waals surface area contributed by atoms with Gasteiger partial charge in [-0.1, -0.05) is 0 Å². The predicted molar refractivity (Wildman–Crippen MR) is 51.5 cm³/mol. The number of piperidine rings is 1. The standard InChI is InChI=1S/C10H19F2NO/c1-8(14)10(11,12)6-9-4-3-5-13(2)7-9/h8-9,14H,3-7H2,1-2H3. The summed E-state index contributed by atoms with van der Waals surface area (Å²) in [7, 11) is 1.95. The summed E-state index contributed by atoms with van der Waals surface area (Å²) in [6, 6.07) is 0. The number of rotatable bonds is 3. The van der Waals surface area contributed by atoms with E-state index in [4.69, 9.17) is 5.11 Å². The van der Waals surface area contributed by atoms with Gasteiger partial charge in [-0.25, -0.2) is 8.78 Å². The van der Waals surface area contributed by atoms with Crippen molar-refractivity contribution in [3.63, 3.8) is 0 Å². The number of alkyl halides is 2. The Morgan fingerprint density at radius 1 is 1.57 bits per heavy atom. The molecule has 0 spiro atoms. The van der Waals surface area contributed by atoms with Crippen LogP contribution >= 0.6 is 0 Å². The van der Waals surface area contributed by atoms with E-state index >= 15 is 0 Å². The molecule has 1 saturated heterocycles. The van der Waals surface area contributed by atoms with Gasteiger partial charge in [0.05, 0.1) is 0 Å². The molecular weight excluding hydrogens is 188 g/mol. The lowest BCUT2D eigenvalue weighted by Crippen LogP contribution is -2.39. The van der Waals surface area contributed by atoms with E-state index in [1.54, 1.807) is 0 Å². The number of hydrogen-bond donors (Lipinski definition) is 1. The molecule has 1 aliphatic heterocycles. The molecule has 0 aromatic rings. The molecule has 0 bridgehead atoms. The fraction of sp³-hybridized carbons (Fsp3) is 1.00. The van der Waals surface area contributed by atoms with Crippen LogP contribution in [0.1, 0.15) is 26.2 Å². The van der Waals surface area contributed by atoms with Crippen molar-refractivity contribution in [2.75, 3.05) is 20.1 Å². The lowest BCUT2D eigenvalue weighted by atomic mass is 9.91. The van der Waals surface area contributed by atoms with Crippen LogP contribution in [0.2, 0.25) is 0 Å². The molecule has 2 unspecified atom stereocenters. The Morgan fingerprint density at radius 3 is 2.71 bits per heavy atom. The highest BCUT2D eigenvalue weighted by Crippen LogP contribution is 2.31. The number of aliphatic hydroxyl groups excluding tert-OH is 1. The molecule has 0 aromatic carbocycles. The average molecular weight is 207 g/mol. The molecular formula is C10H19F2NO. The maximum absolute atomic E-state index is 13.2. The quantitative estimate of drug-likeness (QED) is 0.762. The third kappa shape index (κ3) is 3.17. The van der Waals surface area contributed by atoms with Crippen LogP contribution in [0.4, 0.5) is 8.78 Å². The summed E-state index contributed by atoms with van der Waals surface area (Å²) < 4.78 is 26.4. The average Bonchev–Trinajstić information content (AvgIpc) is 2.02. The van der Waals surface area contributed by atoms with Crippen molar-refractivity contribution in [3.8, 4) is 0 Å². The normalized spacial score (nSPS) is 27.6. The van der Waals surface area contributed by atoms with Crippen molar-refractivity contribution < 1.29 is 13.9 Å². The molecule has 1 fully saturated rings. The van der Waals surface area contributed by atoms with Crippen molar-refractivity contribution in [1.82, 2.24) is 4.90 Å². The first-order chi connectivity index (χ1) is 6.42. The number of likely N-dealkylation sites (tertiary alicyclic amines) is 1. The molecule has 2 nitrogen and oxygen atoms in total. The second kappa shape index (κ2) is 4.53. The Balaban J connectivity index is 2.43. The minimum atomic E-state index is -2.93. The third-order valence-corrected chi connectivity index (χ3v) is 2.89. The minimum Gasteiger partial charge on any atom is -0.387 e. The van der Waals surface area contributed by atoms with Gasteiger partial charge in [0.2, 0.25) is 0 Å². The summed E-state index contributed by atoms with van der Waals surface area (Å²) in [6.45, 7) is 2.88. The lowest BCUT2D eigenvalue weighted by molar-refractivity contribution is -0.117. The fourth-order valence-corrected chi connectivity index (χ4v) is 2.00. The first-order valence-corrected chi connectivity index (χ1v) is 5.16. The molecule has 1 aliphatic rings. The molecule has 0 aliphatic carbocycles. The highest BCUT2D eigenvalue weighted by molar-refractivity contribution is 4.80. The van der Waals surface area contributed by atoms with Crippen LogP contribution in [0.5, 0.6) is 0 Å². The summed E-state index contributed by atoms with van der Waals surface area (Å²) in [4.78, 5) is 2.08. The van der Waals surface area contributed by atoms with Gasteiger partial charge in [-0.2, -0.15) is 0 Å². The largest absolute Gasteiger partial charge is 0.387 e. The molecule has 0 radical (unpaired) electrons. The highest BCUT2D eigenvalue weighted by atomic mass is 19.3. The van der Waals surface area contributed by atoms with E-state index in [1.807, 2.05) is 7.05 Å². The van der Waals surface area contributed by atoms with Crippen molar-refractivity contribution in [3.05, 3.63) is 0 Å². The van der Waals surface area contributed by atoms with E-state index in [1.165, 1.54) is 0 Å². The molecule has 0 aromatic heterocycles. The fourth-order valence-electron chi connectivity index (χ4n) is 2.00. The molecule has 0 amide bonds. The van der Waals surface area contributed by atoms with Crippen LogP contribution in [0.25, 0.3) is 0 Å². The number of aliphatic hydroxyl groups is 1. The van der Waals surface area contributed by atoms with E-state index in [0.717, 1.165) is 32.9 Å². The van der Waals surface area contributed by atoms with Gasteiger partial charge in [-0.15, -0.1) is 0 Å². The Bertz CT molecular complexity index is 185. The lowest BCUT2D eigenvalue weighted by Gasteiger charge is -2.32. The van der Waals surface area contributed by atoms with Gasteiger partial charge < -0.3 is 10.0 Å². The van der Waals surface area contributed by atoms with Gasteiger partial charge in [-0.05, 0) is 39.3 Å². The van der Waals surface area contributed by atoms with Gasteiger partial charge in [0, 0.05) is 13.0 Å². The van der Waals surface area contributed by atoms with Crippen LogP contribution in [0, 0.1) is 5.92 Å². The molecule has 84 valence electrons. The zero-order chi connectivity index (χ0) is 10.8. The van der Waals surface area contributed by atoms with Gasteiger partial charge in [-0.3, -0.25) is 0 Å². The van der Waals surface area contributed by atoms with Crippen LogP contribution in [0.3, 0.4) is 0 Å². The number of halogens is 2. The second-order valence-electron chi connectivity index (χ2n) is 4.41. The van der Waals surface area contributed by atoms with E-state index in [0.29, 0.717) is 0 Å². The van der Waals surface area contributed by atoms with E-state index in [9.17, 15) is 8.78 Å². The summed E-state index contributed by atoms with van der Waals surface area (Å²) in [5, 5.41) is 8.91. The van der Waals surface area contributed by atoms with Gasteiger partial charge in [0.15, 0.2) is 0 Å². The maximum Gasteiger partial charge on any atom is 0.273 e. The Morgan fingerprint density at radius 2 is 2.21 bits per heavy atom. The van der Waals surface area contributed by atoms with Gasteiger partial charge in [0.25, 0.3) is 5.92 Å². The molecule has 1 heterocycles. The SMILES string of the molecule is CC(O)C(F)(F)CC1CCCN(C)C1. The van der Waals surface area contributed by atoms with Crippen LogP contribution in [0.15, 0.2) is 0 Å². The summed E-state index contributed by atoms with van der Waals surface area (Å²) in [5.74, 6) is -2.90. The molecule has 2 atom stereocenters. The van der Waals surface area contributed by atoms with E-state index < -0.39 is 12.0 Å². The van der Waals surface area contributed by atoms with Crippen LogP contribution in [-0.4, -0.2) is 42.2 Å². The minimum absolute atomic E-state index is 0.0262. The Labute approximate surface area is 83.9 Å². The zero-order valence-corrected chi connectivity index (χ0v) is 8.84. The van der Waals surface area contributed by atoms with Crippen molar-refractivity contribution >= 4 is 0 Å². The monoisotopic (exact) mass is 207 g/mol. The molecule has 1 N–H and O–H groups in total. The van der Waals surface area contributed by atoms with E-state index in [2.05, 4.69) is 4.90 Å². The van der Waals surface area contributed by atoms with Gasteiger partial charge in [0.1, 0.15) is 6.10 Å². The third-order valence-electron chi connectivity index (χ3n) is 2.89. The van der Waals surface area contributed by atoms with E-state index in [-0.39, 0.29) is 12.3 Å². The topological polar surface area (TPSA) is 23.5 Å². The predicted octanol–water partition coefficient (Wildman–Crippen LogP) is 1.73. The van der Waals surface area contributed by atoms with Crippen LogP contribution in [-0.2, 0) is 0 Å². The zero-order valence-electron chi connectivity index (χ0n) is 8.84. The summed E-state index contributed by atoms with van der Waals surface area (Å²) in [5.41, 5.74) is 0. The maximum atomic E-state index is 13.2. The van der Waals surface area contributed by atoms with Crippen molar-refractivity contribution in [2.45, 2.75) is 38.2 Å². The molecule has 4 heteroatoms. The first kappa shape index (κ1) is 11.9. The molecule has 14 heavy (non-hydrogen) atoms. The van der Waals surface area contributed by atoms with Crippen LogP contribution < -0.4 is 0 Å². The first-order valence-electron chi connectivity index (χ1n) is 5.16. The second-order valence-corrected chi connectivity index (χ2v) is 4.41. The van der Waals surface area contributed by atoms with Crippen molar-refractivity contribution in [2.24, 2.45) is 5.92 Å². The summed E-state index contributed by atoms with van der Waals surface area (Å²) >= 11 is 0. The smallest absolute Gasteiger partial charge is 0.273 e. The Kier molecular flexibility index (Phi) is 3.84. The Hall–Kier alpha value is -0.220. The molecule has 1 rings (SSSR count). The van der Waals surface area contributed by atoms with Crippen molar-refractivity contribution in [1.29, 1.82) is 0 Å². The highest BCUT2D eigenvalue weighted by Gasteiger charge is 2.38. The summed E-state index contributed by atoms with van der Waals surface area (Å²) in [6.07, 6.45) is 0.119.